The lowest BCUT2D eigenvalue weighted by atomic mass is 10.2. The molecule has 1 saturated heterocycles. The molecule has 1 aromatic rings. The molecule has 2 rings (SSSR count). The first-order valence-electron chi connectivity index (χ1n) is 9.07. The number of benzene rings is 1. The maximum atomic E-state index is 11.9. The fraction of sp³-hybridized carbons (Fsp3) is 0.579. The topological polar surface area (TPSA) is 51.2 Å². The van der Waals surface area contributed by atoms with Crippen LogP contribution in [0.15, 0.2) is 35.3 Å². The summed E-state index contributed by atoms with van der Waals surface area (Å²) in [5, 5.41) is 3.47. The third-order valence-electron chi connectivity index (χ3n) is 4.55. The molecule has 0 radical (unpaired) electrons. The molecular formula is C19H31N5O. The maximum absolute atomic E-state index is 11.9. The summed E-state index contributed by atoms with van der Waals surface area (Å²) < 4.78 is 0. The van der Waals surface area contributed by atoms with Gasteiger partial charge >= 0.3 is 0 Å². The predicted molar refractivity (Wildman–Crippen MR) is 104 cm³/mol. The Kier molecular flexibility index (Phi) is 7.10. The molecule has 0 bridgehead atoms. The summed E-state index contributed by atoms with van der Waals surface area (Å²) in [5.74, 6) is 0.864. The van der Waals surface area contributed by atoms with Crippen LogP contribution in [0.1, 0.15) is 20.3 Å². The van der Waals surface area contributed by atoms with Crippen LogP contribution in [0.5, 0.6) is 0 Å². The number of rotatable bonds is 5. The first-order valence-corrected chi connectivity index (χ1v) is 9.07. The lowest BCUT2D eigenvalue weighted by Gasteiger charge is -2.38. The summed E-state index contributed by atoms with van der Waals surface area (Å²) in [6, 6.07) is 10.8. The monoisotopic (exact) mass is 345 g/mol. The van der Waals surface area contributed by atoms with Gasteiger partial charge in [-0.2, -0.15) is 0 Å². The third-order valence-corrected chi connectivity index (χ3v) is 4.55. The molecule has 1 unspecified atom stereocenters. The van der Waals surface area contributed by atoms with Crippen molar-refractivity contribution in [1.82, 2.24) is 15.1 Å². The number of piperazine rings is 1. The van der Waals surface area contributed by atoms with Crippen LogP contribution in [0.25, 0.3) is 0 Å². The molecule has 25 heavy (non-hydrogen) atoms. The van der Waals surface area contributed by atoms with Gasteiger partial charge in [0, 0.05) is 52.0 Å². The SMILES string of the molecule is CCC(C)NC(=NCC(=O)N(C)C)N1CCN(c2ccccc2)CC1. The average Bonchev–Trinajstić information content (AvgIpc) is 2.65. The number of anilines is 1. The van der Waals surface area contributed by atoms with Crippen molar-refractivity contribution in [2.45, 2.75) is 26.3 Å². The van der Waals surface area contributed by atoms with Crippen molar-refractivity contribution in [3.63, 3.8) is 0 Å². The van der Waals surface area contributed by atoms with Crippen LogP contribution in [0.4, 0.5) is 5.69 Å². The highest BCUT2D eigenvalue weighted by Crippen LogP contribution is 2.15. The number of hydrogen-bond donors (Lipinski definition) is 1. The number of hydrogen-bond acceptors (Lipinski definition) is 3. The molecule has 1 aromatic carbocycles. The second-order valence-corrected chi connectivity index (χ2v) is 6.69. The zero-order valence-electron chi connectivity index (χ0n) is 15.9. The highest BCUT2D eigenvalue weighted by atomic mass is 16.2. The molecule has 0 spiro atoms. The van der Waals surface area contributed by atoms with Gasteiger partial charge in [-0.1, -0.05) is 25.1 Å². The molecule has 1 amide bonds. The van der Waals surface area contributed by atoms with Crippen LogP contribution >= 0.6 is 0 Å². The summed E-state index contributed by atoms with van der Waals surface area (Å²) in [6.45, 7) is 8.17. The number of para-hydroxylation sites is 1. The number of guanidine groups is 1. The van der Waals surface area contributed by atoms with Gasteiger partial charge in [-0.25, -0.2) is 4.99 Å². The molecule has 1 atom stereocenters. The van der Waals surface area contributed by atoms with E-state index in [1.807, 2.05) is 6.07 Å². The van der Waals surface area contributed by atoms with E-state index in [0.29, 0.717) is 6.04 Å². The van der Waals surface area contributed by atoms with Gasteiger partial charge < -0.3 is 20.0 Å². The van der Waals surface area contributed by atoms with E-state index in [9.17, 15) is 4.79 Å². The van der Waals surface area contributed by atoms with Crippen LogP contribution in [0, 0.1) is 0 Å². The zero-order chi connectivity index (χ0) is 18.2. The highest BCUT2D eigenvalue weighted by Gasteiger charge is 2.21. The van der Waals surface area contributed by atoms with E-state index in [2.05, 4.69) is 58.2 Å². The number of nitrogens with zero attached hydrogens (tertiary/aromatic N) is 4. The molecule has 138 valence electrons. The summed E-state index contributed by atoms with van der Waals surface area (Å²) in [5.41, 5.74) is 1.26. The number of carbonyl (C=O) groups is 1. The number of likely N-dealkylation sites (N-methyl/N-ethyl adjacent to an activating group) is 1. The Hall–Kier alpha value is -2.24. The van der Waals surface area contributed by atoms with Crippen molar-refractivity contribution >= 4 is 17.6 Å². The number of nitrogens with one attached hydrogen (secondary N) is 1. The summed E-state index contributed by atoms with van der Waals surface area (Å²) >= 11 is 0. The van der Waals surface area contributed by atoms with Crippen LogP contribution in [-0.2, 0) is 4.79 Å². The van der Waals surface area contributed by atoms with Crippen LogP contribution in [0.3, 0.4) is 0 Å². The molecule has 1 aliphatic heterocycles. The Labute approximate surface area is 151 Å². The largest absolute Gasteiger partial charge is 0.368 e. The molecule has 1 fully saturated rings. The maximum Gasteiger partial charge on any atom is 0.243 e. The van der Waals surface area contributed by atoms with Gasteiger partial charge in [0.25, 0.3) is 0 Å². The smallest absolute Gasteiger partial charge is 0.243 e. The Morgan fingerprint density at radius 3 is 2.40 bits per heavy atom. The summed E-state index contributed by atoms with van der Waals surface area (Å²) in [7, 11) is 3.52. The number of carbonyl (C=O) groups excluding carboxylic acids is 1. The molecule has 1 aliphatic rings. The molecule has 1 heterocycles. The normalized spacial score (nSPS) is 16.6. The van der Waals surface area contributed by atoms with E-state index >= 15 is 0 Å². The quantitative estimate of drug-likeness (QED) is 0.651. The van der Waals surface area contributed by atoms with E-state index in [4.69, 9.17) is 0 Å². The van der Waals surface area contributed by atoms with Gasteiger partial charge in [0.1, 0.15) is 6.54 Å². The van der Waals surface area contributed by atoms with Gasteiger partial charge in [0.05, 0.1) is 0 Å². The van der Waals surface area contributed by atoms with Crippen molar-refractivity contribution in [1.29, 1.82) is 0 Å². The molecule has 6 nitrogen and oxygen atoms in total. The Morgan fingerprint density at radius 1 is 1.20 bits per heavy atom. The first kappa shape index (κ1) is 19.1. The minimum Gasteiger partial charge on any atom is -0.368 e. The van der Waals surface area contributed by atoms with Gasteiger partial charge in [-0.3, -0.25) is 4.79 Å². The molecule has 0 saturated carbocycles. The molecule has 1 N–H and O–H groups in total. The van der Waals surface area contributed by atoms with Crippen LogP contribution in [0.2, 0.25) is 0 Å². The summed E-state index contributed by atoms with van der Waals surface area (Å²) in [4.78, 5) is 22.7. The van der Waals surface area contributed by atoms with Gasteiger partial charge in [0.2, 0.25) is 5.91 Å². The molecular weight excluding hydrogens is 314 g/mol. The van der Waals surface area contributed by atoms with Crippen LogP contribution in [-0.4, -0.2) is 74.5 Å². The second-order valence-electron chi connectivity index (χ2n) is 6.69. The average molecular weight is 345 g/mol. The van der Waals surface area contributed by atoms with E-state index in [0.717, 1.165) is 38.6 Å². The van der Waals surface area contributed by atoms with Gasteiger partial charge in [0.15, 0.2) is 5.96 Å². The fourth-order valence-electron chi connectivity index (χ4n) is 2.66. The first-order chi connectivity index (χ1) is 12.0. The van der Waals surface area contributed by atoms with Crippen molar-refractivity contribution in [3.05, 3.63) is 30.3 Å². The second kappa shape index (κ2) is 9.30. The molecule has 0 aromatic heterocycles. The molecule has 0 aliphatic carbocycles. The van der Waals surface area contributed by atoms with Crippen molar-refractivity contribution in [2.24, 2.45) is 4.99 Å². The van der Waals surface area contributed by atoms with E-state index in [1.54, 1.807) is 19.0 Å². The van der Waals surface area contributed by atoms with Crippen molar-refractivity contribution < 1.29 is 4.79 Å². The van der Waals surface area contributed by atoms with E-state index < -0.39 is 0 Å². The fourth-order valence-corrected chi connectivity index (χ4v) is 2.66. The summed E-state index contributed by atoms with van der Waals surface area (Å²) in [6.07, 6.45) is 1.02. The van der Waals surface area contributed by atoms with Crippen molar-refractivity contribution in [2.75, 3.05) is 51.7 Å². The minimum atomic E-state index is 0.0198. The minimum absolute atomic E-state index is 0.0198. The number of amides is 1. The predicted octanol–water partition coefficient (Wildman–Crippen LogP) is 1.64. The highest BCUT2D eigenvalue weighted by molar-refractivity contribution is 5.85. The number of aliphatic imine (C=N–C) groups is 1. The van der Waals surface area contributed by atoms with E-state index in [-0.39, 0.29) is 12.5 Å². The van der Waals surface area contributed by atoms with Crippen molar-refractivity contribution in [3.8, 4) is 0 Å². The van der Waals surface area contributed by atoms with E-state index in [1.165, 1.54) is 5.69 Å². The lowest BCUT2D eigenvalue weighted by molar-refractivity contribution is -0.127. The Bertz CT molecular complexity index is 564. The standard InChI is InChI=1S/C19H31N5O/c1-5-16(2)21-19(20-15-18(25)22(3)4)24-13-11-23(12-14-24)17-9-7-6-8-10-17/h6-10,16H,5,11-15H2,1-4H3,(H,20,21). The van der Waals surface area contributed by atoms with Gasteiger partial charge in [-0.15, -0.1) is 0 Å². The zero-order valence-corrected chi connectivity index (χ0v) is 15.9. The Balaban J connectivity index is 2.00. The van der Waals surface area contributed by atoms with Crippen LogP contribution < -0.4 is 10.2 Å². The Morgan fingerprint density at radius 2 is 1.84 bits per heavy atom. The molecule has 6 heteroatoms. The third kappa shape index (κ3) is 5.66. The van der Waals surface area contributed by atoms with Gasteiger partial charge in [-0.05, 0) is 25.5 Å². The lowest BCUT2D eigenvalue weighted by Crippen LogP contribution is -2.54.